The second-order valence-corrected chi connectivity index (χ2v) is 7.14. The molecule has 27 heavy (non-hydrogen) atoms. The van der Waals surface area contributed by atoms with Crippen LogP contribution in [0.4, 0.5) is 5.69 Å². The third-order valence-electron chi connectivity index (χ3n) is 5.29. The lowest BCUT2D eigenvalue weighted by Gasteiger charge is -2.38. The molecule has 144 valence electrons. The fourth-order valence-electron chi connectivity index (χ4n) is 3.72. The third kappa shape index (κ3) is 5.10. The van der Waals surface area contributed by atoms with Crippen LogP contribution in [0.5, 0.6) is 5.75 Å². The lowest BCUT2D eigenvalue weighted by molar-refractivity contribution is -0.119. The highest BCUT2D eigenvalue weighted by molar-refractivity contribution is 5.93. The molecule has 0 atom stereocenters. The first kappa shape index (κ1) is 19.4. The first-order valence-corrected chi connectivity index (χ1v) is 9.97. The van der Waals surface area contributed by atoms with Crippen LogP contribution in [0.3, 0.4) is 0 Å². The summed E-state index contributed by atoms with van der Waals surface area (Å²) in [6.45, 7) is 7.64. The molecular formula is C23H30N2O2. The van der Waals surface area contributed by atoms with Gasteiger partial charge in [-0.1, -0.05) is 43.3 Å². The van der Waals surface area contributed by atoms with Crippen LogP contribution in [-0.4, -0.2) is 43.1 Å². The van der Waals surface area contributed by atoms with E-state index in [4.69, 9.17) is 4.74 Å². The summed E-state index contributed by atoms with van der Waals surface area (Å²) in [4.78, 5) is 17.0. The van der Waals surface area contributed by atoms with E-state index in [0.717, 1.165) is 43.9 Å². The molecular weight excluding hydrogens is 336 g/mol. The SMILES string of the molecule is CCC(=O)N(c1ccccc1)C1CCN(CCOc2ccccc2C)CC1. The van der Waals surface area contributed by atoms with Crippen molar-refractivity contribution in [2.45, 2.75) is 39.2 Å². The van der Waals surface area contributed by atoms with Crippen LogP contribution in [0.1, 0.15) is 31.7 Å². The number of hydrogen-bond acceptors (Lipinski definition) is 3. The molecule has 2 aromatic rings. The zero-order chi connectivity index (χ0) is 19.1. The number of piperidine rings is 1. The fourth-order valence-corrected chi connectivity index (χ4v) is 3.72. The van der Waals surface area contributed by atoms with Crippen molar-refractivity contribution in [1.29, 1.82) is 0 Å². The molecule has 1 heterocycles. The van der Waals surface area contributed by atoms with Crippen molar-refractivity contribution in [2.24, 2.45) is 0 Å². The van der Waals surface area contributed by atoms with Crippen LogP contribution in [0.15, 0.2) is 54.6 Å². The number of aryl methyl sites for hydroxylation is 1. The van der Waals surface area contributed by atoms with Gasteiger partial charge in [-0.25, -0.2) is 0 Å². The average molecular weight is 367 g/mol. The van der Waals surface area contributed by atoms with Gasteiger partial charge >= 0.3 is 0 Å². The molecule has 3 rings (SSSR count). The standard InChI is InChI=1S/C23H30N2O2/c1-3-23(26)25(20-10-5-4-6-11-20)21-13-15-24(16-14-21)17-18-27-22-12-8-7-9-19(22)2/h4-12,21H,3,13-18H2,1-2H3. The molecule has 0 N–H and O–H groups in total. The van der Waals surface area contributed by atoms with Crippen molar-refractivity contribution in [3.8, 4) is 5.75 Å². The van der Waals surface area contributed by atoms with Gasteiger partial charge in [0.2, 0.25) is 5.91 Å². The number of benzene rings is 2. The van der Waals surface area contributed by atoms with E-state index in [2.05, 4.69) is 17.9 Å². The number of carbonyl (C=O) groups excluding carboxylic acids is 1. The van der Waals surface area contributed by atoms with E-state index in [9.17, 15) is 4.79 Å². The lowest BCUT2D eigenvalue weighted by Crippen LogP contribution is -2.48. The van der Waals surface area contributed by atoms with E-state index in [1.54, 1.807) is 0 Å². The van der Waals surface area contributed by atoms with Gasteiger partial charge in [0.25, 0.3) is 0 Å². The van der Waals surface area contributed by atoms with Gasteiger partial charge in [0.1, 0.15) is 12.4 Å². The molecule has 0 aromatic heterocycles. The summed E-state index contributed by atoms with van der Waals surface area (Å²) in [6, 6.07) is 18.5. The van der Waals surface area contributed by atoms with E-state index in [1.807, 2.05) is 60.4 Å². The molecule has 1 aliphatic rings. The molecule has 0 spiro atoms. The van der Waals surface area contributed by atoms with Gasteiger partial charge in [-0.2, -0.15) is 0 Å². The zero-order valence-corrected chi connectivity index (χ0v) is 16.4. The Morgan fingerprint density at radius 3 is 2.41 bits per heavy atom. The van der Waals surface area contributed by atoms with Crippen LogP contribution in [0.25, 0.3) is 0 Å². The highest BCUT2D eigenvalue weighted by atomic mass is 16.5. The number of ether oxygens (including phenoxy) is 1. The summed E-state index contributed by atoms with van der Waals surface area (Å²) in [6.07, 6.45) is 2.55. The van der Waals surface area contributed by atoms with Crippen LogP contribution in [0.2, 0.25) is 0 Å². The summed E-state index contributed by atoms with van der Waals surface area (Å²) >= 11 is 0. The number of hydrogen-bond donors (Lipinski definition) is 0. The monoisotopic (exact) mass is 366 g/mol. The number of nitrogens with zero attached hydrogens (tertiary/aromatic N) is 2. The largest absolute Gasteiger partial charge is 0.492 e. The summed E-state index contributed by atoms with van der Waals surface area (Å²) < 4.78 is 5.93. The molecule has 0 bridgehead atoms. The molecule has 0 radical (unpaired) electrons. The summed E-state index contributed by atoms with van der Waals surface area (Å²) in [7, 11) is 0. The Labute approximate surface area is 162 Å². The minimum Gasteiger partial charge on any atom is -0.492 e. The van der Waals surface area contributed by atoms with Crippen LogP contribution in [-0.2, 0) is 4.79 Å². The zero-order valence-electron chi connectivity index (χ0n) is 16.4. The number of likely N-dealkylation sites (tertiary alicyclic amines) is 1. The maximum absolute atomic E-state index is 12.5. The van der Waals surface area contributed by atoms with Gasteiger partial charge in [0, 0.05) is 37.8 Å². The van der Waals surface area contributed by atoms with E-state index in [-0.39, 0.29) is 11.9 Å². The Bertz CT molecular complexity index is 724. The molecule has 4 heteroatoms. The summed E-state index contributed by atoms with van der Waals surface area (Å²) in [5.41, 5.74) is 2.19. The molecule has 0 unspecified atom stereocenters. The van der Waals surface area contributed by atoms with Crippen LogP contribution < -0.4 is 9.64 Å². The van der Waals surface area contributed by atoms with E-state index >= 15 is 0 Å². The van der Waals surface area contributed by atoms with Gasteiger partial charge in [-0.05, 0) is 43.5 Å². The first-order chi connectivity index (χ1) is 13.2. The molecule has 0 saturated carbocycles. The van der Waals surface area contributed by atoms with E-state index in [0.29, 0.717) is 13.0 Å². The Hall–Kier alpha value is -2.33. The van der Waals surface area contributed by atoms with Crippen molar-refractivity contribution in [3.63, 3.8) is 0 Å². The maximum atomic E-state index is 12.5. The number of anilines is 1. The fraction of sp³-hybridized carbons (Fsp3) is 0.435. The first-order valence-electron chi connectivity index (χ1n) is 9.97. The number of rotatable bonds is 7. The molecule has 4 nitrogen and oxygen atoms in total. The Balaban J connectivity index is 1.51. The minimum absolute atomic E-state index is 0.211. The number of para-hydroxylation sites is 2. The van der Waals surface area contributed by atoms with Crippen molar-refractivity contribution in [1.82, 2.24) is 4.90 Å². The van der Waals surface area contributed by atoms with Crippen molar-refractivity contribution in [2.75, 3.05) is 31.1 Å². The highest BCUT2D eigenvalue weighted by Gasteiger charge is 2.28. The van der Waals surface area contributed by atoms with Crippen molar-refractivity contribution in [3.05, 3.63) is 60.2 Å². The van der Waals surface area contributed by atoms with Crippen LogP contribution in [0, 0.1) is 6.92 Å². The van der Waals surface area contributed by atoms with Gasteiger partial charge < -0.3 is 9.64 Å². The second kappa shape index (κ2) is 9.56. The molecule has 2 aromatic carbocycles. The Morgan fingerprint density at radius 1 is 1.07 bits per heavy atom. The molecule has 1 saturated heterocycles. The normalized spacial score (nSPS) is 15.5. The van der Waals surface area contributed by atoms with Gasteiger partial charge in [-0.15, -0.1) is 0 Å². The van der Waals surface area contributed by atoms with Crippen LogP contribution >= 0.6 is 0 Å². The summed E-state index contributed by atoms with van der Waals surface area (Å²) in [5.74, 6) is 1.18. The number of carbonyl (C=O) groups is 1. The van der Waals surface area contributed by atoms with Crippen molar-refractivity contribution >= 4 is 11.6 Å². The molecule has 1 fully saturated rings. The van der Waals surface area contributed by atoms with E-state index < -0.39 is 0 Å². The highest BCUT2D eigenvalue weighted by Crippen LogP contribution is 2.24. The van der Waals surface area contributed by atoms with Gasteiger partial charge in [-0.3, -0.25) is 9.69 Å². The topological polar surface area (TPSA) is 32.8 Å². The van der Waals surface area contributed by atoms with Gasteiger partial charge in [0.05, 0.1) is 0 Å². The lowest BCUT2D eigenvalue weighted by atomic mass is 10.0. The molecule has 1 amide bonds. The molecule has 1 aliphatic heterocycles. The van der Waals surface area contributed by atoms with E-state index in [1.165, 1.54) is 5.56 Å². The third-order valence-corrected chi connectivity index (χ3v) is 5.29. The smallest absolute Gasteiger partial charge is 0.226 e. The Kier molecular flexibility index (Phi) is 6.88. The maximum Gasteiger partial charge on any atom is 0.226 e. The average Bonchev–Trinajstić information content (AvgIpc) is 2.71. The number of amides is 1. The van der Waals surface area contributed by atoms with Crippen molar-refractivity contribution < 1.29 is 9.53 Å². The predicted octanol–water partition coefficient (Wildman–Crippen LogP) is 4.28. The Morgan fingerprint density at radius 2 is 1.74 bits per heavy atom. The minimum atomic E-state index is 0.211. The second-order valence-electron chi connectivity index (χ2n) is 7.14. The summed E-state index contributed by atoms with van der Waals surface area (Å²) in [5, 5.41) is 0. The predicted molar refractivity (Wildman–Crippen MR) is 110 cm³/mol. The van der Waals surface area contributed by atoms with Gasteiger partial charge in [0.15, 0.2) is 0 Å². The quantitative estimate of drug-likeness (QED) is 0.733. The molecule has 0 aliphatic carbocycles.